The van der Waals surface area contributed by atoms with Crippen molar-refractivity contribution in [2.24, 2.45) is 0 Å². The maximum absolute atomic E-state index is 9.92. The molecule has 2 aliphatic rings. The molecule has 1 N–H and O–H groups in total. The molecule has 2 aromatic rings. The topological polar surface area (TPSA) is 54.8 Å². The highest BCUT2D eigenvalue weighted by atomic mass is 16.5. The van der Waals surface area contributed by atoms with E-state index in [1.165, 1.54) is 11.1 Å². The molecule has 5 nitrogen and oxygen atoms in total. The average molecular weight is 366 g/mol. The van der Waals surface area contributed by atoms with Gasteiger partial charge in [0.25, 0.3) is 0 Å². The van der Waals surface area contributed by atoms with Crippen molar-refractivity contribution in [1.82, 2.24) is 4.98 Å². The summed E-state index contributed by atoms with van der Waals surface area (Å²) in [5.41, 5.74) is 5.67. The highest BCUT2D eigenvalue weighted by Crippen LogP contribution is 2.30. The first-order valence-corrected chi connectivity index (χ1v) is 9.58. The zero-order valence-corrected chi connectivity index (χ0v) is 15.7. The first-order chi connectivity index (χ1) is 13.2. The molecule has 0 amide bonds. The molecular formula is C22H26N2O3. The summed E-state index contributed by atoms with van der Waals surface area (Å²) in [7, 11) is 0. The van der Waals surface area contributed by atoms with Gasteiger partial charge in [-0.25, -0.2) is 4.98 Å². The lowest BCUT2D eigenvalue weighted by Crippen LogP contribution is -2.25. The molecule has 0 aliphatic carbocycles. The van der Waals surface area contributed by atoms with E-state index in [-0.39, 0.29) is 12.7 Å². The molecule has 142 valence electrons. The number of aryl methyl sites for hydroxylation is 1. The van der Waals surface area contributed by atoms with Crippen LogP contribution in [0.5, 0.6) is 5.88 Å². The fraction of sp³-hybridized carbons (Fsp3) is 0.409. The number of pyridine rings is 1. The molecular weight excluding hydrogens is 340 g/mol. The van der Waals surface area contributed by atoms with Crippen molar-refractivity contribution in [2.45, 2.75) is 32.5 Å². The second kappa shape index (κ2) is 8.11. The molecule has 0 spiro atoms. The van der Waals surface area contributed by atoms with Gasteiger partial charge in [0, 0.05) is 36.5 Å². The maximum Gasteiger partial charge on any atom is 0.213 e. The summed E-state index contributed by atoms with van der Waals surface area (Å²) >= 11 is 0. The predicted molar refractivity (Wildman–Crippen MR) is 106 cm³/mol. The smallest absolute Gasteiger partial charge is 0.213 e. The lowest BCUT2D eigenvalue weighted by atomic mass is 9.98. The van der Waals surface area contributed by atoms with Crippen molar-refractivity contribution >= 4 is 11.3 Å². The van der Waals surface area contributed by atoms with Gasteiger partial charge in [-0.1, -0.05) is 18.2 Å². The lowest BCUT2D eigenvalue weighted by Gasteiger charge is -2.23. The molecule has 1 aromatic heterocycles. The number of hydrogen-bond donors (Lipinski definition) is 1. The molecule has 1 saturated heterocycles. The van der Waals surface area contributed by atoms with Crippen molar-refractivity contribution in [1.29, 1.82) is 0 Å². The van der Waals surface area contributed by atoms with E-state index in [0.717, 1.165) is 49.4 Å². The molecule has 3 heterocycles. The Balaban J connectivity index is 1.46. The van der Waals surface area contributed by atoms with E-state index in [9.17, 15) is 5.11 Å². The standard InChI is InChI=1S/C22H26N2O3/c1-16-2-5-22(23-13-16)27-20-6-9-24(14-20)21-4-3-18(12-19(21)15-25)17-7-10-26-11-8-17/h2-5,7,12-13,20,25H,6,8-11,14-15H2,1H3/t20-/m0/s1. The maximum atomic E-state index is 9.92. The first kappa shape index (κ1) is 18.0. The molecule has 0 unspecified atom stereocenters. The summed E-state index contributed by atoms with van der Waals surface area (Å²) in [5.74, 6) is 0.677. The average Bonchev–Trinajstić information content (AvgIpc) is 3.18. The van der Waals surface area contributed by atoms with Gasteiger partial charge >= 0.3 is 0 Å². The second-order valence-corrected chi connectivity index (χ2v) is 7.20. The number of anilines is 1. The number of nitrogens with zero attached hydrogens (tertiary/aromatic N) is 2. The van der Waals surface area contributed by atoms with Crippen LogP contribution >= 0.6 is 0 Å². The summed E-state index contributed by atoms with van der Waals surface area (Å²) < 4.78 is 11.4. The van der Waals surface area contributed by atoms with Crippen LogP contribution in [0.2, 0.25) is 0 Å². The van der Waals surface area contributed by atoms with Gasteiger partial charge in [0.15, 0.2) is 0 Å². The van der Waals surface area contributed by atoms with Crippen molar-refractivity contribution in [3.63, 3.8) is 0 Å². The van der Waals surface area contributed by atoms with Crippen molar-refractivity contribution < 1.29 is 14.6 Å². The Kier molecular flexibility index (Phi) is 5.41. The Morgan fingerprint density at radius 2 is 2.22 bits per heavy atom. The van der Waals surface area contributed by atoms with E-state index < -0.39 is 0 Å². The molecule has 2 aliphatic heterocycles. The Bertz CT molecular complexity index is 817. The summed E-state index contributed by atoms with van der Waals surface area (Å²) in [6.45, 7) is 5.21. The highest BCUT2D eigenvalue weighted by Gasteiger charge is 2.26. The minimum absolute atomic E-state index is 0.0362. The number of benzene rings is 1. The molecule has 0 bridgehead atoms. The van der Waals surface area contributed by atoms with E-state index >= 15 is 0 Å². The van der Waals surface area contributed by atoms with Crippen LogP contribution in [0, 0.1) is 6.92 Å². The third-order valence-corrected chi connectivity index (χ3v) is 5.24. The molecule has 1 atom stereocenters. The molecule has 27 heavy (non-hydrogen) atoms. The van der Waals surface area contributed by atoms with Crippen molar-refractivity contribution in [2.75, 3.05) is 31.2 Å². The first-order valence-electron chi connectivity index (χ1n) is 9.58. The second-order valence-electron chi connectivity index (χ2n) is 7.20. The molecule has 1 aromatic carbocycles. The fourth-order valence-electron chi connectivity index (χ4n) is 3.75. The number of aliphatic hydroxyl groups is 1. The van der Waals surface area contributed by atoms with Crippen LogP contribution in [0.25, 0.3) is 5.57 Å². The number of ether oxygens (including phenoxy) is 2. The monoisotopic (exact) mass is 366 g/mol. The van der Waals surface area contributed by atoms with Gasteiger partial charge in [0.1, 0.15) is 6.10 Å². The Morgan fingerprint density at radius 3 is 2.96 bits per heavy atom. The third-order valence-electron chi connectivity index (χ3n) is 5.24. The van der Waals surface area contributed by atoms with Gasteiger partial charge in [-0.15, -0.1) is 0 Å². The summed E-state index contributed by atoms with van der Waals surface area (Å²) in [5, 5.41) is 9.92. The fourth-order valence-corrected chi connectivity index (χ4v) is 3.75. The predicted octanol–water partition coefficient (Wildman–Crippen LogP) is 3.34. The molecule has 0 saturated carbocycles. The van der Waals surface area contributed by atoms with E-state index in [0.29, 0.717) is 12.5 Å². The quantitative estimate of drug-likeness (QED) is 0.880. The molecule has 5 heteroatoms. The normalized spacial score (nSPS) is 19.9. The van der Waals surface area contributed by atoms with Gasteiger partial charge in [0.2, 0.25) is 5.88 Å². The number of hydrogen-bond acceptors (Lipinski definition) is 5. The van der Waals surface area contributed by atoms with Gasteiger partial charge in [-0.05, 0) is 42.2 Å². The SMILES string of the molecule is Cc1ccc(O[C@H]2CCN(c3ccc(C4=CCOCC4)cc3CO)C2)nc1. The number of aromatic nitrogens is 1. The van der Waals surface area contributed by atoms with Gasteiger partial charge in [0.05, 0.1) is 26.4 Å². The van der Waals surface area contributed by atoms with Crippen LogP contribution < -0.4 is 9.64 Å². The van der Waals surface area contributed by atoms with Crippen LogP contribution in [-0.4, -0.2) is 42.5 Å². The van der Waals surface area contributed by atoms with Crippen LogP contribution in [0.1, 0.15) is 29.5 Å². The van der Waals surface area contributed by atoms with Gasteiger partial charge in [-0.2, -0.15) is 0 Å². The van der Waals surface area contributed by atoms with Crippen molar-refractivity contribution in [3.05, 3.63) is 59.3 Å². The van der Waals surface area contributed by atoms with E-state index in [4.69, 9.17) is 9.47 Å². The minimum Gasteiger partial charge on any atom is -0.472 e. The molecule has 4 rings (SSSR count). The van der Waals surface area contributed by atoms with Gasteiger partial charge < -0.3 is 19.5 Å². The van der Waals surface area contributed by atoms with E-state index in [1.54, 1.807) is 0 Å². The highest BCUT2D eigenvalue weighted by molar-refractivity contribution is 5.70. The van der Waals surface area contributed by atoms with E-state index in [1.807, 2.05) is 25.3 Å². The largest absolute Gasteiger partial charge is 0.472 e. The summed E-state index contributed by atoms with van der Waals surface area (Å²) in [4.78, 5) is 6.64. The van der Waals surface area contributed by atoms with E-state index in [2.05, 4.69) is 34.2 Å². The number of aliphatic hydroxyl groups excluding tert-OH is 1. The lowest BCUT2D eigenvalue weighted by molar-refractivity contribution is 0.161. The zero-order valence-electron chi connectivity index (χ0n) is 15.7. The van der Waals surface area contributed by atoms with Crippen molar-refractivity contribution in [3.8, 4) is 5.88 Å². The Labute approximate surface area is 160 Å². The molecule has 0 radical (unpaired) electrons. The summed E-state index contributed by atoms with van der Waals surface area (Å²) in [6, 6.07) is 10.3. The number of rotatable bonds is 5. The van der Waals surface area contributed by atoms with Crippen LogP contribution in [0.3, 0.4) is 0 Å². The Hall–Kier alpha value is -2.37. The summed E-state index contributed by atoms with van der Waals surface area (Å²) in [6.07, 6.45) is 5.95. The molecule has 1 fully saturated rings. The van der Waals surface area contributed by atoms with Crippen LogP contribution in [0.15, 0.2) is 42.6 Å². The minimum atomic E-state index is 0.0362. The van der Waals surface area contributed by atoms with Crippen LogP contribution in [-0.2, 0) is 11.3 Å². The zero-order chi connectivity index (χ0) is 18.6. The third kappa shape index (κ3) is 4.15. The van der Waals surface area contributed by atoms with Crippen LogP contribution in [0.4, 0.5) is 5.69 Å². The Morgan fingerprint density at radius 1 is 1.30 bits per heavy atom. The van der Waals surface area contributed by atoms with Gasteiger partial charge in [-0.3, -0.25) is 0 Å².